The molecule has 126 heavy (non-hydrogen) atoms. The maximum absolute atomic E-state index is 14.1. The Morgan fingerprint density at radius 1 is 0.429 bits per heavy atom. The fourth-order valence-electron chi connectivity index (χ4n) is 17.5. The maximum atomic E-state index is 14.1. The van der Waals surface area contributed by atoms with E-state index in [4.69, 9.17) is 52.1 Å². The maximum Gasteiger partial charge on any atom is 0.251 e. The van der Waals surface area contributed by atoms with Crippen LogP contribution in [0.4, 0.5) is 5.69 Å². The number of fused-ring (bicyclic) bond motifs is 1. The third-order valence-electron chi connectivity index (χ3n) is 24.9. The lowest BCUT2D eigenvalue weighted by molar-refractivity contribution is -0.136. The molecule has 0 radical (unpaired) electrons. The highest BCUT2D eigenvalue weighted by molar-refractivity contribution is 6.42. The lowest BCUT2D eigenvalue weighted by Gasteiger charge is -2.30. The number of halogens is 4. The number of likely N-dealkylation sites (tertiary alicyclic amines) is 2. The van der Waals surface area contributed by atoms with Gasteiger partial charge in [0, 0.05) is 167 Å². The van der Waals surface area contributed by atoms with Crippen LogP contribution in [0.2, 0.25) is 20.1 Å². The molecule has 5 saturated heterocycles. The number of hydrogen-bond donors (Lipinski definition) is 7. The Balaban J connectivity index is 0.000000172. The van der Waals surface area contributed by atoms with Gasteiger partial charge in [-0.05, 0) is 201 Å². The van der Waals surface area contributed by atoms with E-state index in [0.717, 1.165) is 93.0 Å². The first-order valence-corrected chi connectivity index (χ1v) is 46.4. The van der Waals surface area contributed by atoms with E-state index in [1.54, 1.807) is 36.4 Å². The van der Waals surface area contributed by atoms with Crippen LogP contribution >= 0.6 is 46.4 Å². The summed E-state index contributed by atoms with van der Waals surface area (Å²) in [5.74, 6) is 0.251. The van der Waals surface area contributed by atoms with E-state index in [1.165, 1.54) is 34.8 Å². The molecule has 9 aromatic rings. The molecule has 0 bridgehead atoms. The predicted molar refractivity (Wildman–Crippen MR) is 507 cm³/mol. The molecule has 0 aliphatic carbocycles. The number of nitrogens with two attached hydrogens (primary N) is 1. The third kappa shape index (κ3) is 28.0. The van der Waals surface area contributed by atoms with Crippen molar-refractivity contribution in [2.45, 2.75) is 171 Å². The number of carbonyl (C=O) groups is 8. The summed E-state index contributed by atoms with van der Waals surface area (Å²) >= 11 is 24.2. The highest BCUT2D eigenvalue weighted by Crippen LogP contribution is 2.32. The van der Waals surface area contributed by atoms with E-state index in [0.29, 0.717) is 147 Å². The van der Waals surface area contributed by atoms with E-state index in [1.807, 2.05) is 170 Å². The zero-order valence-electron chi connectivity index (χ0n) is 72.3. The Bertz CT molecular complexity index is 5050. The lowest BCUT2D eigenvalue weighted by Crippen LogP contribution is -2.50. The SMILES string of the molecule is CC[C@H](CN1CC[C@@H](CNC(=O)c2ccc(Cl)c(Cl)c2)N[C@@H](CCC(=O)N2CCCCC2)C1=O)c1ccccc1.CC[C@H](CN1CC[C@@H](CNC(=O)c2ccc3cc(Cl)ccc3c2)N[C@@H](CCC(=O)N2CCCCC2)C1=O)c1ccccc1.Nc1ccccc1C[C@@H]1N[C@H](CNC(=O)/C=C/c2ccc(Cl)cc2)CCN(CC(c2ccccc2)c2ccccc2)C1=O. The molecule has 24 heteroatoms. The van der Waals surface area contributed by atoms with Crippen molar-refractivity contribution in [3.8, 4) is 0 Å². The van der Waals surface area contributed by atoms with Crippen LogP contribution < -0.4 is 37.6 Å². The van der Waals surface area contributed by atoms with Gasteiger partial charge in [0.1, 0.15) is 0 Å². The number of hydrogen-bond acceptors (Lipinski definition) is 12. The van der Waals surface area contributed by atoms with Crippen molar-refractivity contribution in [2.75, 3.05) is 90.8 Å². The smallest absolute Gasteiger partial charge is 0.251 e. The average molecular weight is 1780 g/mol. The Hall–Kier alpha value is -10.4. The van der Waals surface area contributed by atoms with Gasteiger partial charge in [0.05, 0.1) is 28.2 Å². The topological polar surface area (TPSA) is 251 Å². The van der Waals surface area contributed by atoms with Gasteiger partial charge in [0.15, 0.2) is 0 Å². The van der Waals surface area contributed by atoms with Crippen molar-refractivity contribution in [3.63, 3.8) is 0 Å². The molecule has 20 nitrogen and oxygen atoms in total. The van der Waals surface area contributed by atoms with Gasteiger partial charge in [-0.2, -0.15) is 0 Å². The first kappa shape index (κ1) is 94.7. The first-order chi connectivity index (χ1) is 61.2. The zero-order valence-corrected chi connectivity index (χ0v) is 75.3. The number of nitrogens with one attached hydrogen (secondary N) is 6. The van der Waals surface area contributed by atoms with Crippen molar-refractivity contribution in [2.24, 2.45) is 0 Å². The van der Waals surface area contributed by atoms with Crippen molar-refractivity contribution in [3.05, 3.63) is 295 Å². The van der Waals surface area contributed by atoms with E-state index >= 15 is 0 Å². The van der Waals surface area contributed by atoms with Gasteiger partial charge in [-0.25, -0.2) is 0 Å². The van der Waals surface area contributed by atoms with Crippen molar-refractivity contribution in [1.82, 2.24) is 56.4 Å². The lowest BCUT2D eigenvalue weighted by atomic mass is 9.90. The molecule has 5 heterocycles. The molecule has 0 unspecified atom stereocenters. The zero-order chi connectivity index (χ0) is 88.7. The van der Waals surface area contributed by atoms with Gasteiger partial charge in [0.2, 0.25) is 35.4 Å². The quantitative estimate of drug-likeness (QED) is 0.0164. The van der Waals surface area contributed by atoms with Crippen LogP contribution in [0.3, 0.4) is 0 Å². The van der Waals surface area contributed by atoms with Gasteiger partial charge >= 0.3 is 0 Å². The molecule has 14 rings (SSSR count). The summed E-state index contributed by atoms with van der Waals surface area (Å²) in [7, 11) is 0. The number of nitrogen functional groups attached to an aromatic ring is 1. The van der Waals surface area contributed by atoms with Gasteiger partial charge in [-0.3, -0.25) is 38.4 Å². The molecule has 0 spiro atoms. The summed E-state index contributed by atoms with van der Waals surface area (Å²) < 4.78 is 0. The summed E-state index contributed by atoms with van der Waals surface area (Å²) in [5.41, 5.74) is 14.6. The van der Waals surface area contributed by atoms with Crippen LogP contribution in [0.25, 0.3) is 16.8 Å². The van der Waals surface area contributed by atoms with Crippen molar-refractivity contribution in [1.29, 1.82) is 0 Å². The highest BCUT2D eigenvalue weighted by Gasteiger charge is 2.38. The number of carbonyl (C=O) groups excluding carboxylic acids is 8. The largest absolute Gasteiger partial charge is 0.399 e. The fourth-order valence-corrected chi connectivity index (χ4v) is 18.1. The van der Waals surface area contributed by atoms with E-state index < -0.39 is 18.1 Å². The van der Waals surface area contributed by atoms with Crippen LogP contribution in [-0.4, -0.2) is 193 Å². The molecule has 8 amide bonds. The Morgan fingerprint density at radius 3 is 1.33 bits per heavy atom. The molecule has 0 saturated carbocycles. The molecule has 5 aliphatic heterocycles. The Morgan fingerprint density at radius 2 is 0.841 bits per heavy atom. The minimum Gasteiger partial charge on any atom is -0.399 e. The molecule has 664 valence electrons. The van der Waals surface area contributed by atoms with E-state index in [9.17, 15) is 38.4 Å². The second kappa shape index (κ2) is 48.5. The second-order valence-corrected chi connectivity index (χ2v) is 35.3. The van der Waals surface area contributed by atoms with Crippen LogP contribution in [0.1, 0.15) is 182 Å². The molecule has 9 aromatic carbocycles. The third-order valence-corrected chi connectivity index (χ3v) is 26.1. The average Bonchev–Trinajstić information content (AvgIpc) is 1.37. The van der Waals surface area contributed by atoms with Gasteiger partial charge in [-0.15, -0.1) is 0 Å². The summed E-state index contributed by atoms with van der Waals surface area (Å²) in [6, 6.07) is 70.5. The molecule has 5 fully saturated rings. The Labute approximate surface area is 762 Å². The fraction of sp³-hybridized carbons (Fsp3) is 0.392. The predicted octanol–water partition coefficient (Wildman–Crippen LogP) is 16.7. The molecule has 5 aliphatic rings. The standard InChI is InChI=1S/C36H37ClN4O2.C35H43ClN4O3.C31H40Cl2N4O3/c37-30-18-15-26(16-19-30)17-20-35(42)39-24-31-21-22-41(36(43)34(40-31)23-29-13-7-8-14-33(29)38)25-32(27-9-3-1-4-10-27)28-11-5-2-6-12-28;1-2-25(26-9-5-3-6-10-26)24-40-20-17-31(38-32(35(40)43)15-16-33(41)39-18-7-4-8-19-39)23-37-34(42)29-12-11-28-22-30(36)14-13-27(28)21-29;1-2-22(23-9-5-3-6-10-23)21-37-18-15-25(20-34-30(39)24-11-12-26(32)27(33)19-24)35-28(31(37)40)13-14-29(38)36-16-7-4-8-17-36/h1-20,31-32,34,40H,21-25,38H2,(H,39,42);3,5-6,9-14,21-22,25,31-32,38H,2,4,7-8,15-20,23-24H2,1H3,(H,37,42);3,5-6,9-12,19,22,25,28,35H,2,4,7-8,13-18,20-21H2,1H3,(H,34,39)/b20-17+;;/t31-,34-;25-,31+,32+;22-,25+,28+/m011/s1. The minimum atomic E-state index is -0.489. The van der Waals surface area contributed by atoms with Gasteiger partial charge in [0.25, 0.3) is 11.8 Å². The molecular weight excluding hydrogens is 1660 g/mol. The number of nitrogens with zero attached hydrogens (tertiary/aromatic N) is 5. The normalized spacial score (nSPS) is 19.3. The van der Waals surface area contributed by atoms with Crippen LogP contribution in [0.15, 0.2) is 231 Å². The number of para-hydroxylation sites is 1. The monoisotopic (exact) mass is 1780 g/mol. The van der Waals surface area contributed by atoms with E-state index in [2.05, 4.69) is 94.3 Å². The number of benzene rings is 9. The number of rotatable bonds is 30. The number of amides is 8. The van der Waals surface area contributed by atoms with Gasteiger partial charge in [-0.1, -0.05) is 224 Å². The Kier molecular flexibility index (Phi) is 36.5. The van der Waals surface area contributed by atoms with E-state index in [-0.39, 0.29) is 83.1 Å². The van der Waals surface area contributed by atoms with Crippen LogP contribution in [0.5, 0.6) is 0 Å². The summed E-state index contributed by atoms with van der Waals surface area (Å²) in [6.07, 6.45) is 15.7. The minimum absolute atomic E-state index is 0.0270. The molecular formula is C102H120Cl4N12O8. The highest BCUT2D eigenvalue weighted by atomic mass is 35.5. The summed E-state index contributed by atoms with van der Waals surface area (Å²) in [4.78, 5) is 116. The second-order valence-electron chi connectivity index (χ2n) is 33.6. The molecule has 0 aromatic heterocycles. The molecule has 8 atom stereocenters. The van der Waals surface area contributed by atoms with Crippen molar-refractivity contribution >= 4 is 116 Å². The summed E-state index contributed by atoms with van der Waals surface area (Å²) in [6.45, 7) is 12.2. The van der Waals surface area contributed by atoms with Gasteiger partial charge < -0.3 is 62.1 Å². The van der Waals surface area contributed by atoms with Crippen LogP contribution in [-0.2, 0) is 35.2 Å². The van der Waals surface area contributed by atoms with Crippen LogP contribution in [0, 0.1) is 0 Å². The number of anilines is 1. The summed E-state index contributed by atoms with van der Waals surface area (Å²) in [5, 5.41) is 23.6. The van der Waals surface area contributed by atoms with Crippen molar-refractivity contribution < 1.29 is 38.4 Å². The molecule has 8 N–H and O–H groups in total. The first-order valence-electron chi connectivity index (χ1n) is 44.9. The number of piperidine rings is 2.